The molecule has 1 aromatic heterocycles. The third-order valence-corrected chi connectivity index (χ3v) is 4.26. The zero-order chi connectivity index (χ0) is 15.2. The van der Waals surface area contributed by atoms with Gasteiger partial charge in [0.25, 0.3) is 0 Å². The van der Waals surface area contributed by atoms with Crippen molar-refractivity contribution in [1.82, 2.24) is 4.98 Å². The summed E-state index contributed by atoms with van der Waals surface area (Å²) in [6.07, 6.45) is 20.1. The molecule has 0 amide bonds. The molecule has 0 bridgehead atoms. The third kappa shape index (κ3) is 10.5. The van der Waals surface area contributed by atoms with Gasteiger partial charge in [0.15, 0.2) is 0 Å². The number of hydrogen-bond donors (Lipinski definition) is 0. The summed E-state index contributed by atoms with van der Waals surface area (Å²) in [6.45, 7) is 4.43. The average Bonchev–Trinajstić information content (AvgIpc) is 2.48. The molecule has 0 radical (unpaired) electrons. The van der Waals surface area contributed by atoms with Gasteiger partial charge in [-0.15, -0.1) is 0 Å². The highest BCUT2D eigenvalue weighted by Crippen LogP contribution is 2.13. The molecule has 120 valence electrons. The van der Waals surface area contributed by atoms with Crippen molar-refractivity contribution in [2.24, 2.45) is 0 Å². The summed E-state index contributed by atoms with van der Waals surface area (Å²) in [5.41, 5.74) is 2.60. The molecule has 0 spiro atoms. The van der Waals surface area contributed by atoms with Crippen LogP contribution in [-0.2, 0) is 6.42 Å². The number of nitrogens with zero attached hydrogens (tertiary/aromatic N) is 1. The van der Waals surface area contributed by atoms with Gasteiger partial charge < -0.3 is 0 Å². The fourth-order valence-electron chi connectivity index (χ4n) is 2.88. The van der Waals surface area contributed by atoms with E-state index in [1.807, 2.05) is 6.20 Å². The highest BCUT2D eigenvalue weighted by molar-refractivity contribution is 5.14. The lowest BCUT2D eigenvalue weighted by molar-refractivity contribution is 0.543. The van der Waals surface area contributed by atoms with Gasteiger partial charge in [-0.05, 0) is 37.5 Å². The molecule has 0 aliphatic heterocycles. The second kappa shape index (κ2) is 12.9. The Morgan fingerprint density at radius 3 is 1.81 bits per heavy atom. The monoisotopic (exact) mass is 289 g/mol. The summed E-state index contributed by atoms with van der Waals surface area (Å²) in [5, 5.41) is 0. The first-order valence-corrected chi connectivity index (χ1v) is 9.24. The first-order valence-electron chi connectivity index (χ1n) is 9.24. The van der Waals surface area contributed by atoms with Gasteiger partial charge in [-0.1, -0.05) is 77.6 Å². The Kier molecular flexibility index (Phi) is 11.1. The normalized spacial score (nSPS) is 11.0. The Labute approximate surface area is 132 Å². The summed E-state index contributed by atoms with van der Waals surface area (Å²) in [5.74, 6) is 0. The van der Waals surface area contributed by atoms with E-state index in [2.05, 4.69) is 31.0 Å². The quantitative estimate of drug-likeness (QED) is 0.371. The SMILES string of the molecule is CCCCCCCCCCCCCCc1cc(C)ccn1. The van der Waals surface area contributed by atoms with Crippen molar-refractivity contribution in [3.05, 3.63) is 29.6 Å². The van der Waals surface area contributed by atoms with Crippen molar-refractivity contribution in [2.75, 3.05) is 0 Å². The summed E-state index contributed by atoms with van der Waals surface area (Å²) in [4.78, 5) is 4.43. The van der Waals surface area contributed by atoms with Crippen LogP contribution in [0.4, 0.5) is 0 Å². The van der Waals surface area contributed by atoms with E-state index in [1.165, 1.54) is 88.3 Å². The van der Waals surface area contributed by atoms with E-state index >= 15 is 0 Å². The van der Waals surface area contributed by atoms with Crippen LogP contribution in [0.5, 0.6) is 0 Å². The molecule has 0 atom stereocenters. The van der Waals surface area contributed by atoms with Crippen LogP contribution in [0.2, 0.25) is 0 Å². The van der Waals surface area contributed by atoms with Crippen LogP contribution in [0.15, 0.2) is 18.3 Å². The number of aryl methyl sites for hydroxylation is 2. The number of pyridine rings is 1. The Morgan fingerprint density at radius 1 is 0.762 bits per heavy atom. The standard InChI is InChI=1S/C20H35N/c1-3-4-5-6-7-8-9-10-11-12-13-14-15-20-18-19(2)16-17-21-20/h16-18H,3-15H2,1-2H3. The molecule has 1 heterocycles. The maximum atomic E-state index is 4.43. The molecule has 1 aromatic rings. The van der Waals surface area contributed by atoms with Crippen LogP contribution in [-0.4, -0.2) is 4.98 Å². The smallest absolute Gasteiger partial charge is 0.0406 e. The Balaban J connectivity index is 1.82. The average molecular weight is 290 g/mol. The first-order chi connectivity index (χ1) is 10.3. The lowest BCUT2D eigenvalue weighted by atomic mass is 10.0. The summed E-state index contributed by atoms with van der Waals surface area (Å²) in [7, 11) is 0. The number of rotatable bonds is 13. The van der Waals surface area contributed by atoms with Crippen molar-refractivity contribution in [3.8, 4) is 0 Å². The van der Waals surface area contributed by atoms with Crippen molar-refractivity contribution in [1.29, 1.82) is 0 Å². The molecule has 0 aliphatic rings. The topological polar surface area (TPSA) is 12.9 Å². The van der Waals surface area contributed by atoms with E-state index < -0.39 is 0 Å². The van der Waals surface area contributed by atoms with Crippen molar-refractivity contribution >= 4 is 0 Å². The molecule has 1 rings (SSSR count). The van der Waals surface area contributed by atoms with Gasteiger partial charge in [0.05, 0.1) is 0 Å². The highest BCUT2D eigenvalue weighted by Gasteiger charge is 1.96. The molecule has 0 unspecified atom stereocenters. The van der Waals surface area contributed by atoms with Gasteiger partial charge in [-0.2, -0.15) is 0 Å². The second-order valence-electron chi connectivity index (χ2n) is 6.46. The maximum absolute atomic E-state index is 4.43. The van der Waals surface area contributed by atoms with Gasteiger partial charge in [0.1, 0.15) is 0 Å². The molecule has 0 saturated heterocycles. The Morgan fingerprint density at radius 2 is 1.29 bits per heavy atom. The minimum absolute atomic E-state index is 1.15. The lowest BCUT2D eigenvalue weighted by Crippen LogP contribution is -1.91. The van der Waals surface area contributed by atoms with Crippen molar-refractivity contribution in [2.45, 2.75) is 97.3 Å². The molecule has 1 heteroatoms. The fourth-order valence-corrected chi connectivity index (χ4v) is 2.88. The van der Waals surface area contributed by atoms with Crippen LogP contribution in [0.25, 0.3) is 0 Å². The Bertz CT molecular complexity index is 345. The maximum Gasteiger partial charge on any atom is 0.0406 e. The van der Waals surface area contributed by atoms with E-state index in [9.17, 15) is 0 Å². The number of unbranched alkanes of at least 4 members (excludes halogenated alkanes) is 11. The molecule has 0 aliphatic carbocycles. The molecule has 0 fully saturated rings. The second-order valence-corrected chi connectivity index (χ2v) is 6.46. The van der Waals surface area contributed by atoms with Gasteiger partial charge in [-0.25, -0.2) is 0 Å². The van der Waals surface area contributed by atoms with E-state index in [0.717, 1.165) is 6.42 Å². The highest BCUT2D eigenvalue weighted by atomic mass is 14.7. The van der Waals surface area contributed by atoms with Crippen molar-refractivity contribution < 1.29 is 0 Å². The van der Waals surface area contributed by atoms with E-state index in [1.54, 1.807) is 0 Å². The Hall–Kier alpha value is -0.850. The molecular formula is C20H35N. The van der Waals surface area contributed by atoms with Crippen LogP contribution in [0.1, 0.15) is 95.2 Å². The van der Waals surface area contributed by atoms with Gasteiger partial charge >= 0.3 is 0 Å². The predicted molar refractivity (Wildman–Crippen MR) is 93.8 cm³/mol. The van der Waals surface area contributed by atoms with Gasteiger partial charge in [-0.3, -0.25) is 4.98 Å². The molecular weight excluding hydrogens is 254 g/mol. The minimum Gasteiger partial charge on any atom is -0.261 e. The molecule has 0 saturated carbocycles. The van der Waals surface area contributed by atoms with E-state index in [0.29, 0.717) is 0 Å². The van der Waals surface area contributed by atoms with Crippen LogP contribution < -0.4 is 0 Å². The van der Waals surface area contributed by atoms with Crippen LogP contribution in [0.3, 0.4) is 0 Å². The zero-order valence-electron chi connectivity index (χ0n) is 14.4. The summed E-state index contributed by atoms with van der Waals surface area (Å²) < 4.78 is 0. The van der Waals surface area contributed by atoms with Crippen LogP contribution >= 0.6 is 0 Å². The minimum atomic E-state index is 1.15. The van der Waals surface area contributed by atoms with Crippen molar-refractivity contribution in [3.63, 3.8) is 0 Å². The fraction of sp³-hybridized carbons (Fsp3) is 0.750. The first kappa shape index (κ1) is 18.2. The third-order valence-electron chi connectivity index (χ3n) is 4.26. The summed E-state index contributed by atoms with van der Waals surface area (Å²) >= 11 is 0. The molecule has 21 heavy (non-hydrogen) atoms. The van der Waals surface area contributed by atoms with Crippen LogP contribution in [0, 0.1) is 6.92 Å². The molecule has 0 aromatic carbocycles. The van der Waals surface area contributed by atoms with E-state index in [4.69, 9.17) is 0 Å². The van der Waals surface area contributed by atoms with Gasteiger partial charge in [0.2, 0.25) is 0 Å². The predicted octanol–water partition coefficient (Wildman–Crippen LogP) is 6.63. The number of hydrogen-bond acceptors (Lipinski definition) is 1. The lowest BCUT2D eigenvalue weighted by Gasteiger charge is -2.03. The molecule has 1 nitrogen and oxygen atoms in total. The molecule has 0 N–H and O–H groups in total. The van der Waals surface area contributed by atoms with E-state index in [-0.39, 0.29) is 0 Å². The largest absolute Gasteiger partial charge is 0.261 e. The number of aromatic nitrogens is 1. The summed E-state index contributed by atoms with van der Waals surface area (Å²) in [6, 6.07) is 4.30. The zero-order valence-corrected chi connectivity index (χ0v) is 14.4. The van der Waals surface area contributed by atoms with Gasteiger partial charge in [0, 0.05) is 11.9 Å².